The van der Waals surface area contributed by atoms with Crippen LogP contribution in [0.25, 0.3) is 23.3 Å². The first-order valence-electron chi connectivity index (χ1n) is 12.5. The van der Waals surface area contributed by atoms with E-state index >= 15 is 0 Å². The van der Waals surface area contributed by atoms with Crippen molar-refractivity contribution in [2.75, 3.05) is 6.61 Å². The number of rotatable bonds is 6. The van der Waals surface area contributed by atoms with E-state index in [0.29, 0.717) is 17.8 Å². The molecule has 0 unspecified atom stereocenters. The van der Waals surface area contributed by atoms with Crippen LogP contribution in [0.4, 0.5) is 0 Å². The van der Waals surface area contributed by atoms with Gasteiger partial charge in [-0.05, 0) is 43.6 Å². The van der Waals surface area contributed by atoms with Crippen LogP contribution in [0.5, 0.6) is 0 Å². The van der Waals surface area contributed by atoms with Crippen molar-refractivity contribution in [3.63, 3.8) is 0 Å². The maximum atomic E-state index is 6.54. The molecule has 2 aliphatic heterocycles. The lowest BCUT2D eigenvalue weighted by atomic mass is 10.1. The van der Waals surface area contributed by atoms with Crippen molar-refractivity contribution in [2.24, 2.45) is 0 Å². The van der Waals surface area contributed by atoms with Gasteiger partial charge in [-0.3, -0.25) is 4.57 Å². The number of benzene rings is 1. The normalized spacial score (nSPS) is 26.2. The van der Waals surface area contributed by atoms with E-state index in [-0.39, 0.29) is 23.4 Å². The summed E-state index contributed by atoms with van der Waals surface area (Å²) in [5.41, 5.74) is 3.25. The third-order valence-electron chi connectivity index (χ3n) is 7.43. The van der Waals surface area contributed by atoms with E-state index in [2.05, 4.69) is 48.8 Å². The number of imidazole rings is 1. The average Bonchev–Trinajstić information content (AvgIpc) is 3.47. The molecule has 1 aromatic carbocycles. The first kappa shape index (κ1) is 25.2. The zero-order chi connectivity index (χ0) is 25.7. The largest absolute Gasteiger partial charge is 0.414 e. The lowest BCUT2D eigenvalue weighted by Crippen LogP contribution is -2.44. The van der Waals surface area contributed by atoms with E-state index in [1.165, 1.54) is 0 Å². The van der Waals surface area contributed by atoms with Gasteiger partial charge in [0.15, 0.2) is 26.0 Å². The molecule has 2 saturated heterocycles. The molecule has 0 spiro atoms. The van der Waals surface area contributed by atoms with Gasteiger partial charge in [-0.25, -0.2) is 15.0 Å². The van der Waals surface area contributed by atoms with Gasteiger partial charge < -0.3 is 18.6 Å². The van der Waals surface area contributed by atoms with Crippen molar-refractivity contribution in [2.45, 2.75) is 83.1 Å². The molecule has 36 heavy (non-hydrogen) atoms. The van der Waals surface area contributed by atoms with Gasteiger partial charge in [0.05, 0.1) is 18.6 Å². The quantitative estimate of drug-likeness (QED) is 0.410. The fourth-order valence-corrected chi connectivity index (χ4v) is 5.46. The zero-order valence-corrected chi connectivity index (χ0v) is 23.1. The highest BCUT2D eigenvalue weighted by Crippen LogP contribution is 2.45. The van der Waals surface area contributed by atoms with E-state index in [1.54, 1.807) is 12.7 Å². The second kappa shape index (κ2) is 9.15. The lowest BCUT2D eigenvalue weighted by Gasteiger charge is -2.37. The van der Waals surface area contributed by atoms with Gasteiger partial charge in [0, 0.05) is 0 Å². The number of aromatic nitrogens is 4. The van der Waals surface area contributed by atoms with Crippen LogP contribution in [0, 0.1) is 0 Å². The summed E-state index contributed by atoms with van der Waals surface area (Å²) in [5, 5.41) is 0.109. The molecular weight excluding hydrogens is 472 g/mol. The second-order valence-electron chi connectivity index (χ2n) is 11.5. The number of hydrogen-bond acceptors (Lipinski definition) is 7. The molecule has 0 saturated carbocycles. The highest BCUT2D eigenvalue weighted by molar-refractivity contribution is 6.74. The maximum absolute atomic E-state index is 6.54. The van der Waals surface area contributed by atoms with Crippen molar-refractivity contribution in [1.29, 1.82) is 0 Å². The van der Waals surface area contributed by atoms with Crippen LogP contribution in [0.15, 0.2) is 43.0 Å². The lowest BCUT2D eigenvalue weighted by molar-refractivity contribution is -0.199. The molecule has 8 nitrogen and oxygen atoms in total. The van der Waals surface area contributed by atoms with Gasteiger partial charge in [-0.1, -0.05) is 57.2 Å². The molecule has 192 valence electrons. The van der Waals surface area contributed by atoms with Crippen LogP contribution >= 0.6 is 0 Å². The second-order valence-corrected chi connectivity index (χ2v) is 16.3. The average molecular weight is 509 g/mol. The minimum Gasteiger partial charge on any atom is -0.414 e. The SMILES string of the molecule is CC1(C)O[C@H]2[C@H](O1)[C@@H](CO[Si](C)(C)C(C)(C)C)O[C@H]2n1cnc2c(C=Cc3ccccc3)ncnc21. The van der Waals surface area contributed by atoms with Crippen LogP contribution < -0.4 is 0 Å². The molecule has 5 rings (SSSR count). The topological polar surface area (TPSA) is 80.5 Å². The van der Waals surface area contributed by atoms with Gasteiger partial charge in [0.1, 0.15) is 30.2 Å². The Bertz CT molecular complexity index is 1250. The first-order chi connectivity index (χ1) is 17.0. The molecule has 3 aromatic rings. The Labute approximate surface area is 213 Å². The van der Waals surface area contributed by atoms with Crippen LogP contribution in [0.3, 0.4) is 0 Å². The Morgan fingerprint density at radius 2 is 1.75 bits per heavy atom. The molecule has 0 amide bonds. The number of hydrogen-bond donors (Lipinski definition) is 0. The minimum atomic E-state index is -1.95. The van der Waals surface area contributed by atoms with Crippen LogP contribution in [-0.2, 0) is 18.6 Å². The maximum Gasteiger partial charge on any atom is 0.192 e. The molecule has 9 heteroatoms. The predicted molar refractivity (Wildman–Crippen MR) is 142 cm³/mol. The third kappa shape index (κ3) is 4.78. The Kier molecular flexibility index (Phi) is 6.41. The Hall–Kier alpha value is -2.43. The summed E-state index contributed by atoms with van der Waals surface area (Å²) in [4.78, 5) is 13.7. The summed E-state index contributed by atoms with van der Waals surface area (Å²) in [6, 6.07) is 10.1. The molecule has 2 aromatic heterocycles. The van der Waals surface area contributed by atoms with E-state index in [0.717, 1.165) is 11.3 Å². The van der Waals surface area contributed by atoms with E-state index < -0.39 is 20.3 Å². The summed E-state index contributed by atoms with van der Waals surface area (Å²) in [5.74, 6) is -0.707. The van der Waals surface area contributed by atoms with Gasteiger partial charge in [-0.2, -0.15) is 0 Å². The fourth-order valence-electron chi connectivity index (χ4n) is 4.44. The summed E-state index contributed by atoms with van der Waals surface area (Å²) >= 11 is 0. The predicted octanol–water partition coefficient (Wildman–Crippen LogP) is 5.44. The Morgan fingerprint density at radius 1 is 1.03 bits per heavy atom. The minimum absolute atomic E-state index is 0.109. The first-order valence-corrected chi connectivity index (χ1v) is 15.4. The van der Waals surface area contributed by atoms with E-state index in [4.69, 9.17) is 18.6 Å². The third-order valence-corrected chi connectivity index (χ3v) is 11.9. The van der Waals surface area contributed by atoms with E-state index in [9.17, 15) is 0 Å². The van der Waals surface area contributed by atoms with Gasteiger partial charge in [0.2, 0.25) is 0 Å². The molecule has 0 radical (unpaired) electrons. The van der Waals surface area contributed by atoms with Crippen molar-refractivity contribution in [3.05, 3.63) is 54.2 Å². The number of ether oxygens (including phenoxy) is 3. The molecule has 0 N–H and O–H groups in total. The number of nitrogens with zero attached hydrogens (tertiary/aromatic N) is 4. The Balaban J connectivity index is 1.43. The van der Waals surface area contributed by atoms with Crippen LogP contribution in [0.1, 0.15) is 52.1 Å². The molecule has 0 aliphatic carbocycles. The molecule has 2 fully saturated rings. The summed E-state index contributed by atoms with van der Waals surface area (Å²) in [6.45, 7) is 15.5. The zero-order valence-electron chi connectivity index (χ0n) is 22.1. The summed E-state index contributed by atoms with van der Waals surface area (Å²) in [6.07, 6.45) is 6.06. The summed E-state index contributed by atoms with van der Waals surface area (Å²) in [7, 11) is -1.95. The highest BCUT2D eigenvalue weighted by Gasteiger charge is 2.56. The van der Waals surface area contributed by atoms with Gasteiger partial charge >= 0.3 is 0 Å². The van der Waals surface area contributed by atoms with Crippen molar-refractivity contribution >= 4 is 31.6 Å². The standard InChI is InChI=1S/C27H36N4O4Si/c1-26(2,3)36(6,7)32-15-20-22-23(35-27(4,5)34-22)25(33-20)31-17-30-21-19(28-16-29-24(21)31)14-13-18-11-9-8-10-12-18/h8-14,16-17,20,22-23,25H,15H2,1-7H3/t20-,22-,23+,25-/m1/s1. The van der Waals surface area contributed by atoms with Crippen LogP contribution in [0.2, 0.25) is 18.1 Å². The van der Waals surface area contributed by atoms with Crippen molar-refractivity contribution in [3.8, 4) is 0 Å². The molecule has 0 bridgehead atoms. The monoisotopic (exact) mass is 508 g/mol. The molecule has 4 heterocycles. The van der Waals surface area contributed by atoms with Crippen molar-refractivity contribution < 1.29 is 18.6 Å². The number of fused-ring (bicyclic) bond motifs is 2. The molecular formula is C27H36N4O4Si. The molecule has 4 atom stereocenters. The van der Waals surface area contributed by atoms with Gasteiger partial charge in [0.25, 0.3) is 0 Å². The highest BCUT2D eigenvalue weighted by atomic mass is 28.4. The van der Waals surface area contributed by atoms with Gasteiger partial charge in [-0.15, -0.1) is 0 Å². The van der Waals surface area contributed by atoms with E-state index in [1.807, 2.05) is 60.9 Å². The molecule has 2 aliphatic rings. The summed E-state index contributed by atoms with van der Waals surface area (Å²) < 4.78 is 27.6. The van der Waals surface area contributed by atoms with Crippen LogP contribution in [-0.4, -0.2) is 58.5 Å². The fraction of sp³-hybridized carbons (Fsp3) is 0.519. The van der Waals surface area contributed by atoms with Crippen molar-refractivity contribution in [1.82, 2.24) is 19.5 Å². The Morgan fingerprint density at radius 3 is 2.47 bits per heavy atom. The smallest absolute Gasteiger partial charge is 0.192 e.